The molecule has 27 heavy (non-hydrogen) atoms. The number of rotatable bonds is 5. The monoisotopic (exact) mass is 375 g/mol. The van der Waals surface area contributed by atoms with Crippen LogP contribution in [-0.2, 0) is 9.59 Å². The Balaban J connectivity index is 1.54. The van der Waals surface area contributed by atoms with E-state index in [9.17, 15) is 14.0 Å². The van der Waals surface area contributed by atoms with Crippen LogP contribution in [0.25, 0.3) is 0 Å². The van der Waals surface area contributed by atoms with E-state index in [2.05, 4.69) is 11.9 Å². The van der Waals surface area contributed by atoms with Crippen LogP contribution in [0.5, 0.6) is 0 Å². The molecule has 0 N–H and O–H groups in total. The molecule has 0 unspecified atom stereocenters. The van der Waals surface area contributed by atoms with Gasteiger partial charge in [-0.1, -0.05) is 19.1 Å². The summed E-state index contributed by atoms with van der Waals surface area (Å²) in [6.45, 7) is 4.99. The molecule has 2 fully saturated rings. The molecule has 0 aromatic heterocycles. The van der Waals surface area contributed by atoms with E-state index in [1.165, 1.54) is 12.1 Å². The van der Waals surface area contributed by atoms with Crippen LogP contribution in [0, 0.1) is 17.7 Å². The van der Waals surface area contributed by atoms with Gasteiger partial charge in [0, 0.05) is 26.1 Å². The molecule has 2 heterocycles. The van der Waals surface area contributed by atoms with Gasteiger partial charge in [-0.2, -0.15) is 0 Å². The lowest BCUT2D eigenvalue weighted by Gasteiger charge is -2.43. The number of hydrogen-bond donors (Lipinski definition) is 0. The van der Waals surface area contributed by atoms with E-state index in [1.807, 2.05) is 11.8 Å². The van der Waals surface area contributed by atoms with Crippen molar-refractivity contribution in [3.63, 3.8) is 0 Å². The summed E-state index contributed by atoms with van der Waals surface area (Å²) in [5, 5.41) is 0. The summed E-state index contributed by atoms with van der Waals surface area (Å²) in [6, 6.07) is 6.27. The van der Waals surface area contributed by atoms with E-state index in [1.54, 1.807) is 24.1 Å². The van der Waals surface area contributed by atoms with Gasteiger partial charge in [-0.25, -0.2) is 4.39 Å². The van der Waals surface area contributed by atoms with Crippen LogP contribution in [0.2, 0.25) is 0 Å². The third-order valence-electron chi connectivity index (χ3n) is 6.07. The molecule has 0 spiro atoms. The predicted octanol–water partition coefficient (Wildman–Crippen LogP) is 2.54. The maximum absolute atomic E-state index is 13.2. The zero-order valence-electron chi connectivity index (χ0n) is 16.5. The second-order valence-corrected chi connectivity index (χ2v) is 7.94. The molecule has 1 aromatic carbocycles. The average molecular weight is 375 g/mol. The Morgan fingerprint density at radius 2 is 1.74 bits per heavy atom. The normalized spacial score (nSPS) is 20.2. The highest BCUT2D eigenvalue weighted by Gasteiger charge is 2.40. The van der Waals surface area contributed by atoms with Gasteiger partial charge in [0.05, 0.1) is 12.0 Å². The molecular weight excluding hydrogens is 345 g/mol. The molecule has 1 aromatic rings. The van der Waals surface area contributed by atoms with Crippen molar-refractivity contribution < 1.29 is 14.0 Å². The molecule has 6 heteroatoms. The first-order valence-electron chi connectivity index (χ1n) is 9.90. The summed E-state index contributed by atoms with van der Waals surface area (Å²) in [5.41, 5.74) is 0.938. The summed E-state index contributed by atoms with van der Waals surface area (Å²) in [6.07, 6.45) is 2.58. The summed E-state index contributed by atoms with van der Waals surface area (Å²) < 4.78 is 13.2. The lowest BCUT2D eigenvalue weighted by molar-refractivity contribution is -0.152. The molecule has 1 atom stereocenters. The van der Waals surface area contributed by atoms with Gasteiger partial charge in [-0.15, -0.1) is 0 Å². The highest BCUT2D eigenvalue weighted by molar-refractivity contribution is 5.85. The number of halogens is 1. The predicted molar refractivity (Wildman–Crippen MR) is 102 cm³/mol. The van der Waals surface area contributed by atoms with Gasteiger partial charge in [-0.05, 0) is 57.1 Å². The number of carbonyl (C=O) groups excluding carboxylic acids is 2. The SMILES string of the molecule is CC[C@@H](c1ccc(F)cc1)N(C)C(=O)C1CN(C(=O)C2CCN(C)CC2)C1. The average Bonchev–Trinajstić information content (AvgIpc) is 2.63. The molecule has 148 valence electrons. The fraction of sp³-hybridized carbons (Fsp3) is 0.619. The van der Waals surface area contributed by atoms with Gasteiger partial charge < -0.3 is 14.7 Å². The number of amides is 2. The van der Waals surface area contributed by atoms with Crippen molar-refractivity contribution in [1.29, 1.82) is 0 Å². The maximum Gasteiger partial charge on any atom is 0.229 e. The molecular formula is C21H30FN3O2. The minimum Gasteiger partial charge on any atom is -0.341 e. The number of piperidine rings is 1. The van der Waals surface area contributed by atoms with Gasteiger partial charge in [0.2, 0.25) is 11.8 Å². The van der Waals surface area contributed by atoms with Crippen molar-refractivity contribution in [3.05, 3.63) is 35.6 Å². The summed E-state index contributed by atoms with van der Waals surface area (Å²) in [4.78, 5) is 31.3. The molecule has 0 bridgehead atoms. The van der Waals surface area contributed by atoms with Gasteiger partial charge in [-0.3, -0.25) is 9.59 Å². The Kier molecular flexibility index (Phi) is 6.15. The van der Waals surface area contributed by atoms with Crippen LogP contribution in [0.15, 0.2) is 24.3 Å². The highest BCUT2D eigenvalue weighted by Crippen LogP contribution is 2.29. The zero-order valence-corrected chi connectivity index (χ0v) is 16.5. The van der Waals surface area contributed by atoms with Crippen LogP contribution in [0.4, 0.5) is 4.39 Å². The lowest BCUT2D eigenvalue weighted by Crippen LogP contribution is -2.58. The first kappa shape index (κ1) is 19.8. The van der Waals surface area contributed by atoms with Crippen molar-refractivity contribution in [2.45, 2.75) is 32.2 Å². The van der Waals surface area contributed by atoms with E-state index < -0.39 is 0 Å². The fourth-order valence-electron chi connectivity index (χ4n) is 4.19. The second kappa shape index (κ2) is 8.38. The quantitative estimate of drug-likeness (QED) is 0.794. The minimum absolute atomic E-state index is 0.0682. The first-order valence-corrected chi connectivity index (χ1v) is 9.90. The topological polar surface area (TPSA) is 43.9 Å². The smallest absolute Gasteiger partial charge is 0.229 e. The van der Waals surface area contributed by atoms with E-state index in [-0.39, 0.29) is 35.5 Å². The molecule has 0 radical (unpaired) electrons. The number of nitrogens with zero attached hydrogens (tertiary/aromatic N) is 3. The summed E-state index contributed by atoms with van der Waals surface area (Å²) >= 11 is 0. The maximum atomic E-state index is 13.2. The Labute approximate surface area is 161 Å². The number of carbonyl (C=O) groups is 2. The molecule has 2 aliphatic rings. The standard InChI is InChI=1S/C21H30FN3O2/c1-4-19(15-5-7-18(22)8-6-15)24(3)20(26)17-13-25(14-17)21(27)16-9-11-23(2)12-10-16/h5-8,16-17,19H,4,9-14H2,1-3H3/t19-/m0/s1. The fourth-order valence-corrected chi connectivity index (χ4v) is 4.19. The van der Waals surface area contributed by atoms with Gasteiger partial charge in [0.15, 0.2) is 0 Å². The van der Waals surface area contributed by atoms with Crippen LogP contribution in [0.3, 0.4) is 0 Å². The number of likely N-dealkylation sites (tertiary alicyclic amines) is 2. The van der Waals surface area contributed by atoms with E-state index >= 15 is 0 Å². The van der Waals surface area contributed by atoms with Gasteiger partial charge in [0.1, 0.15) is 5.82 Å². The van der Waals surface area contributed by atoms with Crippen molar-refractivity contribution in [2.24, 2.45) is 11.8 Å². The summed E-state index contributed by atoms with van der Waals surface area (Å²) in [5.74, 6) is -0.0130. The molecule has 2 saturated heterocycles. The lowest BCUT2D eigenvalue weighted by atomic mass is 9.90. The van der Waals surface area contributed by atoms with Crippen LogP contribution >= 0.6 is 0 Å². The molecule has 2 aliphatic heterocycles. The minimum atomic E-state index is -0.273. The summed E-state index contributed by atoms with van der Waals surface area (Å²) in [7, 11) is 3.89. The number of benzene rings is 1. The Morgan fingerprint density at radius 3 is 2.30 bits per heavy atom. The van der Waals surface area contributed by atoms with Gasteiger partial charge >= 0.3 is 0 Å². The van der Waals surface area contributed by atoms with Crippen LogP contribution in [-0.4, -0.2) is 66.8 Å². The first-order chi connectivity index (χ1) is 12.9. The van der Waals surface area contributed by atoms with Gasteiger partial charge in [0.25, 0.3) is 0 Å². The van der Waals surface area contributed by atoms with Crippen LogP contribution in [0.1, 0.15) is 37.8 Å². The Morgan fingerprint density at radius 1 is 1.15 bits per heavy atom. The highest BCUT2D eigenvalue weighted by atomic mass is 19.1. The third-order valence-corrected chi connectivity index (χ3v) is 6.07. The molecule has 2 amide bonds. The molecule has 5 nitrogen and oxygen atoms in total. The largest absolute Gasteiger partial charge is 0.341 e. The van der Waals surface area contributed by atoms with Crippen molar-refractivity contribution in [3.8, 4) is 0 Å². The van der Waals surface area contributed by atoms with E-state index in [0.717, 1.165) is 37.9 Å². The molecule has 0 aliphatic carbocycles. The molecule has 0 saturated carbocycles. The van der Waals surface area contributed by atoms with E-state index in [4.69, 9.17) is 0 Å². The Bertz CT molecular complexity index is 665. The van der Waals surface area contributed by atoms with E-state index in [0.29, 0.717) is 13.1 Å². The van der Waals surface area contributed by atoms with Crippen molar-refractivity contribution in [1.82, 2.24) is 14.7 Å². The van der Waals surface area contributed by atoms with Crippen LogP contribution < -0.4 is 0 Å². The zero-order chi connectivity index (χ0) is 19.6. The Hall–Kier alpha value is -1.95. The molecule has 3 rings (SSSR count). The third kappa shape index (κ3) is 4.32. The van der Waals surface area contributed by atoms with Crippen molar-refractivity contribution in [2.75, 3.05) is 40.3 Å². The number of hydrogen-bond acceptors (Lipinski definition) is 3. The van der Waals surface area contributed by atoms with Crippen molar-refractivity contribution >= 4 is 11.8 Å². The second-order valence-electron chi connectivity index (χ2n) is 7.94.